The zero-order valence-corrected chi connectivity index (χ0v) is 11.1. The molecule has 2 aliphatic rings. The molecule has 0 amide bonds. The molecule has 98 valence electrons. The van der Waals surface area contributed by atoms with Crippen molar-refractivity contribution in [1.82, 2.24) is 9.55 Å². The summed E-state index contributed by atoms with van der Waals surface area (Å²) in [5.41, 5.74) is 4.03. The summed E-state index contributed by atoms with van der Waals surface area (Å²) in [7, 11) is 1.85. The summed E-state index contributed by atoms with van der Waals surface area (Å²) in [5.74, 6) is 0.571. The predicted octanol–water partition coefficient (Wildman–Crippen LogP) is 3.27. The average molecular weight is 254 g/mol. The van der Waals surface area contributed by atoms with E-state index in [0.717, 1.165) is 0 Å². The van der Waals surface area contributed by atoms with Crippen molar-refractivity contribution in [2.75, 3.05) is 7.11 Å². The van der Waals surface area contributed by atoms with Gasteiger partial charge in [-0.2, -0.15) is 0 Å². The van der Waals surface area contributed by atoms with Crippen molar-refractivity contribution in [2.24, 2.45) is 5.92 Å². The van der Waals surface area contributed by atoms with Crippen LogP contribution in [0, 0.1) is 5.92 Å². The number of hydrogen-bond donors (Lipinski definition) is 0. The van der Waals surface area contributed by atoms with E-state index in [1.165, 1.54) is 36.1 Å². The van der Waals surface area contributed by atoms with Gasteiger partial charge in [0.25, 0.3) is 0 Å². The number of rotatable bonds is 2. The number of aromatic nitrogens is 2. The first-order chi connectivity index (χ1) is 9.40. The number of imidazole rings is 1. The third-order valence-corrected chi connectivity index (χ3v) is 4.73. The van der Waals surface area contributed by atoms with Gasteiger partial charge in [0.15, 0.2) is 0 Å². The van der Waals surface area contributed by atoms with E-state index >= 15 is 0 Å². The highest BCUT2D eigenvalue weighted by molar-refractivity contribution is 5.69. The van der Waals surface area contributed by atoms with Crippen LogP contribution in [-0.2, 0) is 4.74 Å². The molecule has 0 spiro atoms. The van der Waals surface area contributed by atoms with Crippen LogP contribution in [0.5, 0.6) is 0 Å². The summed E-state index contributed by atoms with van der Waals surface area (Å²) in [4.78, 5) is 4.34. The molecule has 0 N–H and O–H groups in total. The normalized spacial score (nSPS) is 28.4. The van der Waals surface area contributed by atoms with Crippen LogP contribution in [0.4, 0.5) is 0 Å². The Morgan fingerprint density at radius 2 is 2.16 bits per heavy atom. The summed E-state index contributed by atoms with van der Waals surface area (Å²) in [6.07, 6.45) is 8.04. The molecule has 1 aliphatic heterocycles. The lowest BCUT2D eigenvalue weighted by atomic mass is 9.90. The van der Waals surface area contributed by atoms with Crippen LogP contribution in [0.15, 0.2) is 36.8 Å². The largest absolute Gasteiger partial charge is 0.381 e. The smallest absolute Gasteiger partial charge is 0.0956 e. The molecule has 3 nitrogen and oxygen atoms in total. The summed E-state index contributed by atoms with van der Waals surface area (Å²) < 4.78 is 8.05. The van der Waals surface area contributed by atoms with Crippen LogP contribution >= 0.6 is 0 Å². The lowest BCUT2D eigenvalue weighted by molar-refractivity contribution is 0.0576. The molecule has 1 fully saturated rings. The summed E-state index contributed by atoms with van der Waals surface area (Å²) in [6.45, 7) is 0. The Morgan fingerprint density at radius 1 is 1.26 bits per heavy atom. The van der Waals surface area contributed by atoms with Crippen molar-refractivity contribution < 1.29 is 4.74 Å². The molecule has 0 unspecified atom stereocenters. The number of fused-ring (bicyclic) bond motifs is 3. The molecule has 0 saturated heterocycles. The van der Waals surface area contributed by atoms with Crippen molar-refractivity contribution in [1.29, 1.82) is 0 Å². The van der Waals surface area contributed by atoms with E-state index in [1.807, 2.05) is 19.6 Å². The lowest BCUT2D eigenvalue weighted by Gasteiger charge is -2.27. The van der Waals surface area contributed by atoms with E-state index in [0.29, 0.717) is 18.1 Å². The maximum Gasteiger partial charge on any atom is 0.0956 e. The first-order valence-electron chi connectivity index (χ1n) is 7.04. The third-order valence-electron chi connectivity index (χ3n) is 4.73. The zero-order chi connectivity index (χ0) is 12.8. The van der Waals surface area contributed by atoms with Gasteiger partial charge in [-0.25, -0.2) is 4.98 Å². The Morgan fingerprint density at radius 3 is 3.05 bits per heavy atom. The van der Waals surface area contributed by atoms with Gasteiger partial charge < -0.3 is 9.30 Å². The second-order valence-corrected chi connectivity index (χ2v) is 5.59. The van der Waals surface area contributed by atoms with Gasteiger partial charge in [0.2, 0.25) is 0 Å². The number of hydrogen-bond acceptors (Lipinski definition) is 2. The van der Waals surface area contributed by atoms with E-state index in [9.17, 15) is 0 Å². The quantitative estimate of drug-likeness (QED) is 0.822. The fourth-order valence-corrected chi connectivity index (χ4v) is 3.92. The van der Waals surface area contributed by atoms with Crippen molar-refractivity contribution in [2.45, 2.75) is 31.4 Å². The fraction of sp³-hybridized carbons (Fsp3) is 0.438. The number of benzene rings is 1. The molecular formula is C16H18N2O. The maximum absolute atomic E-state index is 5.71. The second kappa shape index (κ2) is 4.20. The van der Waals surface area contributed by atoms with E-state index in [-0.39, 0.29) is 0 Å². The third kappa shape index (κ3) is 1.51. The topological polar surface area (TPSA) is 27.1 Å². The van der Waals surface area contributed by atoms with Crippen molar-refractivity contribution >= 4 is 0 Å². The highest BCUT2D eigenvalue weighted by atomic mass is 16.5. The standard InChI is InChI=1S/C16H18N2O/c1-19-15-8-4-7-13(15)16-12-6-3-2-5-11(12)14-9-17-10-18(14)16/h2-3,5-6,9-10,13,15-16H,4,7-8H2,1H3/t13-,15+,16-/m1/s1. The van der Waals surface area contributed by atoms with Crippen molar-refractivity contribution in [3.05, 3.63) is 42.4 Å². The molecule has 3 heteroatoms. The fourth-order valence-electron chi connectivity index (χ4n) is 3.92. The van der Waals surface area contributed by atoms with Gasteiger partial charge in [-0.15, -0.1) is 0 Å². The first-order valence-corrected chi connectivity index (χ1v) is 7.04. The second-order valence-electron chi connectivity index (χ2n) is 5.59. The van der Waals surface area contributed by atoms with Crippen LogP contribution < -0.4 is 0 Å². The number of ether oxygens (including phenoxy) is 1. The molecule has 2 heterocycles. The Hall–Kier alpha value is -1.61. The molecule has 19 heavy (non-hydrogen) atoms. The van der Waals surface area contributed by atoms with E-state index < -0.39 is 0 Å². The van der Waals surface area contributed by atoms with Gasteiger partial charge in [0.05, 0.1) is 30.4 Å². The van der Waals surface area contributed by atoms with Gasteiger partial charge in [0.1, 0.15) is 0 Å². The molecule has 4 rings (SSSR count). The van der Waals surface area contributed by atoms with Gasteiger partial charge >= 0.3 is 0 Å². The molecule has 1 saturated carbocycles. The van der Waals surface area contributed by atoms with Crippen LogP contribution in [0.3, 0.4) is 0 Å². The zero-order valence-electron chi connectivity index (χ0n) is 11.1. The molecule has 0 bridgehead atoms. The van der Waals surface area contributed by atoms with E-state index in [1.54, 1.807) is 0 Å². The van der Waals surface area contributed by atoms with Crippen LogP contribution in [0.25, 0.3) is 11.3 Å². The van der Waals surface area contributed by atoms with Crippen molar-refractivity contribution in [3.63, 3.8) is 0 Å². The molecule has 1 aromatic heterocycles. The Kier molecular flexibility index (Phi) is 2.49. The van der Waals surface area contributed by atoms with Gasteiger partial charge in [0, 0.05) is 18.6 Å². The summed E-state index contributed by atoms with van der Waals surface area (Å²) in [6, 6.07) is 9.13. The highest BCUT2D eigenvalue weighted by Crippen LogP contribution is 2.48. The Bertz CT molecular complexity index is 604. The molecule has 2 aromatic rings. The monoisotopic (exact) mass is 254 g/mol. The first kappa shape index (κ1) is 11.2. The highest BCUT2D eigenvalue weighted by Gasteiger charge is 2.40. The van der Waals surface area contributed by atoms with Crippen LogP contribution in [0.1, 0.15) is 30.9 Å². The van der Waals surface area contributed by atoms with Crippen LogP contribution in [-0.4, -0.2) is 22.8 Å². The minimum atomic E-state index is 0.381. The maximum atomic E-state index is 5.71. The Balaban J connectivity index is 1.84. The van der Waals surface area contributed by atoms with Gasteiger partial charge in [-0.3, -0.25) is 0 Å². The van der Waals surface area contributed by atoms with E-state index in [4.69, 9.17) is 4.74 Å². The SMILES string of the molecule is CO[C@H]1CCC[C@H]1[C@H]1c2ccccc2-c2cncn21. The summed E-state index contributed by atoms with van der Waals surface area (Å²) >= 11 is 0. The molecule has 1 aliphatic carbocycles. The summed E-state index contributed by atoms with van der Waals surface area (Å²) in [5, 5.41) is 0. The van der Waals surface area contributed by atoms with Gasteiger partial charge in [-0.1, -0.05) is 30.7 Å². The average Bonchev–Trinajstić information content (AvgIpc) is 3.13. The molecule has 3 atom stereocenters. The van der Waals surface area contributed by atoms with Crippen LogP contribution in [0.2, 0.25) is 0 Å². The molecule has 0 radical (unpaired) electrons. The predicted molar refractivity (Wildman–Crippen MR) is 73.9 cm³/mol. The molecule has 1 aromatic carbocycles. The number of nitrogens with zero attached hydrogens (tertiary/aromatic N) is 2. The number of methoxy groups -OCH3 is 1. The van der Waals surface area contributed by atoms with Gasteiger partial charge in [-0.05, 0) is 18.4 Å². The lowest BCUT2D eigenvalue weighted by Crippen LogP contribution is -2.26. The Labute approximate surface area is 113 Å². The van der Waals surface area contributed by atoms with Crippen molar-refractivity contribution in [3.8, 4) is 11.3 Å². The minimum absolute atomic E-state index is 0.381. The minimum Gasteiger partial charge on any atom is -0.381 e. The molecular weight excluding hydrogens is 236 g/mol. The van der Waals surface area contributed by atoms with E-state index in [2.05, 4.69) is 33.8 Å².